The van der Waals surface area contributed by atoms with E-state index in [0.29, 0.717) is 26.2 Å². The Balaban J connectivity index is 0.000000136. The van der Waals surface area contributed by atoms with Crippen LogP contribution in [0.3, 0.4) is 0 Å². The van der Waals surface area contributed by atoms with Gasteiger partial charge >= 0.3 is 0 Å². The molecule has 8 nitrogen and oxygen atoms in total. The molecule has 0 aliphatic heterocycles. The molecule has 0 radical (unpaired) electrons. The number of aryl methyl sites for hydroxylation is 1. The first-order valence-corrected chi connectivity index (χ1v) is 18.1. The van der Waals surface area contributed by atoms with Crippen molar-refractivity contribution in [2.75, 3.05) is 0 Å². The average molecular weight is 949 g/mol. The monoisotopic (exact) mass is 946 g/mol. The molecule has 1 aliphatic carbocycles. The highest BCUT2D eigenvalue weighted by molar-refractivity contribution is 14.1. The van der Waals surface area contributed by atoms with Crippen molar-refractivity contribution in [2.45, 2.75) is 25.3 Å². The predicted octanol–water partition coefficient (Wildman–Crippen LogP) is 10.6. The first-order valence-electron chi connectivity index (χ1n) is 13.9. The van der Waals surface area contributed by atoms with E-state index in [0.717, 1.165) is 76.3 Å². The van der Waals surface area contributed by atoms with E-state index in [2.05, 4.69) is 86.5 Å². The van der Waals surface area contributed by atoms with E-state index in [1.807, 2.05) is 47.1 Å². The number of hydrogen-bond acceptors (Lipinski definition) is 6. The molecule has 7 aromatic rings. The third-order valence-electron chi connectivity index (χ3n) is 7.18. The number of nitrogens with one attached hydrogen (secondary N) is 1. The van der Waals surface area contributed by atoms with Crippen LogP contribution in [0.5, 0.6) is 0 Å². The van der Waals surface area contributed by atoms with Crippen LogP contribution in [0.1, 0.15) is 23.2 Å². The number of aromatic amines is 1. The van der Waals surface area contributed by atoms with E-state index in [9.17, 15) is 0 Å². The number of fused-ring (bicyclic) bond motifs is 4. The van der Waals surface area contributed by atoms with Crippen LogP contribution in [0.25, 0.3) is 38.8 Å². The van der Waals surface area contributed by atoms with Gasteiger partial charge in [-0.05, 0) is 111 Å². The molecule has 0 unspecified atom stereocenters. The molecular formula is C32H21Cl5I2N8. The van der Waals surface area contributed by atoms with Crippen molar-refractivity contribution in [2.24, 2.45) is 0 Å². The van der Waals surface area contributed by atoms with Gasteiger partial charge in [0.15, 0.2) is 0 Å². The molecule has 0 fully saturated rings. The molecule has 238 valence electrons. The molecule has 0 saturated heterocycles. The van der Waals surface area contributed by atoms with E-state index in [-0.39, 0.29) is 0 Å². The summed E-state index contributed by atoms with van der Waals surface area (Å²) < 4.78 is 3.78. The van der Waals surface area contributed by atoms with Gasteiger partial charge in [0.2, 0.25) is 0 Å². The third kappa shape index (κ3) is 8.11. The Kier molecular flexibility index (Phi) is 11.4. The summed E-state index contributed by atoms with van der Waals surface area (Å²) >= 11 is 33.9. The van der Waals surface area contributed by atoms with Crippen molar-refractivity contribution in [3.8, 4) is 0 Å². The topological polar surface area (TPSA) is 98.1 Å². The highest BCUT2D eigenvalue weighted by Gasteiger charge is 2.16. The van der Waals surface area contributed by atoms with Gasteiger partial charge in [-0.1, -0.05) is 58.5 Å². The van der Waals surface area contributed by atoms with Gasteiger partial charge in [-0.2, -0.15) is 10.2 Å². The van der Waals surface area contributed by atoms with Crippen LogP contribution >= 0.6 is 103 Å². The summed E-state index contributed by atoms with van der Waals surface area (Å²) in [5.41, 5.74) is 7.39. The Bertz CT molecular complexity index is 2270. The first kappa shape index (κ1) is 34.5. The summed E-state index contributed by atoms with van der Waals surface area (Å²) in [6, 6.07) is 13.5. The number of hydrogen-bond donors (Lipinski definition) is 1. The lowest BCUT2D eigenvalue weighted by molar-refractivity contribution is 0.667. The molecule has 1 aromatic carbocycles. The van der Waals surface area contributed by atoms with Gasteiger partial charge in [-0.3, -0.25) is 19.7 Å². The number of pyridine rings is 4. The summed E-state index contributed by atoms with van der Waals surface area (Å²) in [5, 5.41) is 16.6. The van der Waals surface area contributed by atoms with Crippen molar-refractivity contribution in [1.29, 1.82) is 0 Å². The predicted molar refractivity (Wildman–Crippen MR) is 209 cm³/mol. The fourth-order valence-electron chi connectivity index (χ4n) is 4.99. The van der Waals surface area contributed by atoms with Crippen LogP contribution in [0.4, 0.5) is 0 Å². The van der Waals surface area contributed by atoms with Crippen molar-refractivity contribution in [1.82, 2.24) is 39.9 Å². The van der Waals surface area contributed by atoms with E-state index in [1.54, 1.807) is 24.8 Å². The van der Waals surface area contributed by atoms with Gasteiger partial charge in [0, 0.05) is 41.7 Å². The quantitative estimate of drug-likeness (QED) is 0.108. The maximum Gasteiger partial charge on any atom is 0.141 e. The first-order chi connectivity index (χ1) is 22.7. The van der Waals surface area contributed by atoms with Crippen molar-refractivity contribution < 1.29 is 0 Å². The summed E-state index contributed by atoms with van der Waals surface area (Å²) in [7, 11) is 0. The number of H-pyrrole nitrogens is 1. The minimum atomic E-state index is 0.497. The Morgan fingerprint density at radius 3 is 2.32 bits per heavy atom. The second kappa shape index (κ2) is 15.5. The molecule has 0 amide bonds. The van der Waals surface area contributed by atoms with Crippen molar-refractivity contribution in [3.63, 3.8) is 0 Å². The molecule has 0 saturated carbocycles. The minimum Gasteiger partial charge on any atom is -0.271 e. The zero-order valence-corrected chi connectivity index (χ0v) is 32.1. The van der Waals surface area contributed by atoms with Crippen LogP contribution in [0, 0.1) is 7.40 Å². The number of halogens is 7. The lowest BCUT2D eigenvalue weighted by atomic mass is 9.96. The normalized spacial score (nSPS) is 12.3. The van der Waals surface area contributed by atoms with Crippen molar-refractivity contribution in [3.05, 3.63) is 117 Å². The summed E-state index contributed by atoms with van der Waals surface area (Å²) in [6.07, 6.45) is 10.8. The third-order valence-corrected chi connectivity index (χ3v) is 10.0. The smallest absolute Gasteiger partial charge is 0.141 e. The molecule has 0 atom stereocenters. The van der Waals surface area contributed by atoms with Gasteiger partial charge < -0.3 is 0 Å². The second-order valence-corrected chi connectivity index (χ2v) is 14.2. The van der Waals surface area contributed by atoms with Crippen LogP contribution in [-0.4, -0.2) is 39.9 Å². The molecule has 1 N–H and O–H groups in total. The van der Waals surface area contributed by atoms with E-state index >= 15 is 0 Å². The molecule has 6 heterocycles. The number of alkyl halides is 1. The van der Waals surface area contributed by atoms with Crippen molar-refractivity contribution >= 4 is 142 Å². The van der Waals surface area contributed by atoms with E-state index < -0.39 is 0 Å². The maximum atomic E-state index is 6.20. The SMILES string of the molecule is ClCc1ccc2ncc(Cl)cc2c1.Clc1cnc2c(c1)C=C(Cn1nc(I)c3c(Cl)nccc31)CC2.Clc1nccc2n[nH]c(I)c12. The van der Waals surface area contributed by atoms with Gasteiger partial charge in [0.25, 0.3) is 0 Å². The largest absolute Gasteiger partial charge is 0.271 e. The van der Waals surface area contributed by atoms with Crippen LogP contribution < -0.4 is 0 Å². The Morgan fingerprint density at radius 2 is 1.53 bits per heavy atom. The molecule has 47 heavy (non-hydrogen) atoms. The molecule has 0 bridgehead atoms. The van der Waals surface area contributed by atoms with Gasteiger partial charge in [-0.15, -0.1) is 11.6 Å². The van der Waals surface area contributed by atoms with Crippen LogP contribution in [0.15, 0.2) is 72.8 Å². The fraction of sp³-hybridized carbons (Fsp3) is 0.125. The Morgan fingerprint density at radius 1 is 0.787 bits per heavy atom. The number of benzene rings is 1. The number of allylic oxidation sites excluding steroid dienone is 1. The summed E-state index contributed by atoms with van der Waals surface area (Å²) in [4.78, 5) is 16.7. The van der Waals surface area contributed by atoms with Gasteiger partial charge in [0.1, 0.15) is 17.7 Å². The summed E-state index contributed by atoms with van der Waals surface area (Å²) in [6.45, 7) is 0.728. The highest BCUT2D eigenvalue weighted by atomic mass is 127. The lowest BCUT2D eigenvalue weighted by Crippen LogP contribution is -2.08. The average Bonchev–Trinajstić information content (AvgIpc) is 3.61. The lowest BCUT2D eigenvalue weighted by Gasteiger charge is -2.16. The zero-order valence-electron chi connectivity index (χ0n) is 24.0. The fourth-order valence-corrected chi connectivity index (χ4v) is 7.75. The van der Waals surface area contributed by atoms with Gasteiger partial charge in [0.05, 0.1) is 43.9 Å². The van der Waals surface area contributed by atoms with Gasteiger partial charge in [-0.25, -0.2) is 9.97 Å². The standard InChI is InChI=1S/C16H11Cl2IN4.C10H7Cl2N.C6H3ClIN3/c17-11-6-10-5-9(1-2-12(10)21-7-11)8-23-13-3-4-20-15(18)14(13)16(19)22-23;11-5-7-1-2-10-8(3-7)4-9(12)6-13-10;7-5-4-3(1-2-9-5)10-11-6(4)8/h3-7H,1-2,8H2;1-4,6H,5H2;1-2H,(H,10,11). The summed E-state index contributed by atoms with van der Waals surface area (Å²) in [5.74, 6) is 0.516. The Labute approximate surface area is 321 Å². The number of nitrogens with zero attached hydrogens (tertiary/aromatic N) is 7. The molecule has 8 rings (SSSR count). The van der Waals surface area contributed by atoms with Crippen LogP contribution in [-0.2, 0) is 18.8 Å². The van der Waals surface area contributed by atoms with E-state index in [4.69, 9.17) is 58.0 Å². The molecule has 6 aromatic heterocycles. The van der Waals surface area contributed by atoms with Crippen LogP contribution in [0.2, 0.25) is 20.4 Å². The molecular weight excluding hydrogens is 927 g/mol. The number of rotatable bonds is 3. The molecule has 0 spiro atoms. The highest BCUT2D eigenvalue weighted by Crippen LogP contribution is 2.30. The minimum absolute atomic E-state index is 0.497. The number of aromatic nitrogens is 8. The zero-order chi connectivity index (χ0) is 33.1. The maximum absolute atomic E-state index is 6.20. The second-order valence-electron chi connectivity index (χ2n) is 10.3. The molecule has 15 heteroatoms. The molecule has 1 aliphatic rings. The Hall–Kier alpha value is -2.33. The van der Waals surface area contributed by atoms with E-state index in [1.165, 1.54) is 5.57 Å².